The third-order valence-corrected chi connectivity index (χ3v) is 9.15. The van der Waals surface area contributed by atoms with Gasteiger partial charge in [0.05, 0.1) is 36.6 Å². The highest BCUT2D eigenvalue weighted by molar-refractivity contribution is 5.82. The number of nitrogens with zero attached hydrogens (tertiary/aromatic N) is 6. The molecule has 3 aromatic rings. The fraction of sp³-hybridized carbons (Fsp3) is 0.607. The first-order valence-electron chi connectivity index (χ1n) is 13.5. The molecule has 0 radical (unpaired) electrons. The second kappa shape index (κ2) is 8.23. The van der Waals surface area contributed by atoms with Gasteiger partial charge in [-0.1, -0.05) is 0 Å². The minimum absolute atomic E-state index is 0.477. The Kier molecular flexibility index (Phi) is 5.17. The molecule has 0 amide bonds. The first kappa shape index (κ1) is 22.6. The third kappa shape index (κ3) is 3.73. The van der Waals surface area contributed by atoms with E-state index in [1.54, 1.807) is 0 Å². The van der Waals surface area contributed by atoms with Gasteiger partial charge in [-0.05, 0) is 82.1 Å². The molecule has 1 aliphatic carbocycles. The molecular formula is C28H36N6O2. The number of piperazine rings is 1. The van der Waals surface area contributed by atoms with Gasteiger partial charge in [0.15, 0.2) is 5.82 Å². The summed E-state index contributed by atoms with van der Waals surface area (Å²) in [4.78, 5) is 14.8. The molecule has 0 unspecified atom stereocenters. The molecule has 1 saturated carbocycles. The topological polar surface area (TPSA) is 79.5 Å². The molecule has 5 heterocycles. The molecule has 1 aromatic carbocycles. The third-order valence-electron chi connectivity index (χ3n) is 9.15. The van der Waals surface area contributed by atoms with Gasteiger partial charge in [0.2, 0.25) is 0 Å². The van der Waals surface area contributed by atoms with E-state index in [2.05, 4.69) is 34.9 Å². The number of fused-ring (bicyclic) bond motifs is 3. The average molecular weight is 489 g/mol. The van der Waals surface area contributed by atoms with E-state index in [4.69, 9.17) is 19.8 Å². The van der Waals surface area contributed by atoms with Crippen LogP contribution in [-0.4, -0.2) is 79.8 Å². The number of benzene rings is 1. The van der Waals surface area contributed by atoms with Crippen LogP contribution in [0, 0.1) is 13.8 Å². The Hall–Kier alpha value is -2.55. The molecule has 3 aliphatic heterocycles. The van der Waals surface area contributed by atoms with Crippen LogP contribution in [0.1, 0.15) is 61.9 Å². The fourth-order valence-corrected chi connectivity index (χ4v) is 7.01. The molecule has 7 rings (SSSR count). The van der Waals surface area contributed by atoms with E-state index in [0.29, 0.717) is 24.0 Å². The Morgan fingerprint density at radius 3 is 2.44 bits per heavy atom. The number of hydrogen-bond donors (Lipinski definition) is 1. The van der Waals surface area contributed by atoms with Crippen LogP contribution in [0.5, 0.6) is 0 Å². The molecule has 3 saturated heterocycles. The monoisotopic (exact) mass is 488 g/mol. The highest BCUT2D eigenvalue weighted by Crippen LogP contribution is 2.40. The SMILES string of the molecule is Cc1nc(N2C[C@H]3C[C@@H]2CN3C2COC2)cc(-n2ncc3cc(C)c([C@H]4CC[C@](C)(O)CC4)cc32)n1. The first-order valence-corrected chi connectivity index (χ1v) is 13.5. The molecule has 36 heavy (non-hydrogen) atoms. The maximum Gasteiger partial charge on any atom is 0.159 e. The Balaban J connectivity index is 1.20. The van der Waals surface area contributed by atoms with Crippen molar-refractivity contribution in [1.82, 2.24) is 24.6 Å². The van der Waals surface area contributed by atoms with Crippen LogP contribution >= 0.6 is 0 Å². The summed E-state index contributed by atoms with van der Waals surface area (Å²) in [6.45, 7) is 10.0. The smallest absolute Gasteiger partial charge is 0.159 e. The molecular weight excluding hydrogens is 452 g/mol. The Morgan fingerprint density at radius 2 is 1.75 bits per heavy atom. The molecule has 4 aliphatic rings. The van der Waals surface area contributed by atoms with Crippen molar-refractivity contribution in [3.63, 3.8) is 0 Å². The van der Waals surface area contributed by atoms with Crippen LogP contribution in [0.2, 0.25) is 0 Å². The van der Waals surface area contributed by atoms with E-state index in [9.17, 15) is 5.11 Å². The van der Waals surface area contributed by atoms with Crippen molar-refractivity contribution in [2.75, 3.05) is 31.2 Å². The van der Waals surface area contributed by atoms with E-state index < -0.39 is 5.60 Å². The van der Waals surface area contributed by atoms with Crippen LogP contribution in [0.25, 0.3) is 16.7 Å². The number of aryl methyl sites for hydroxylation is 2. The van der Waals surface area contributed by atoms with Gasteiger partial charge in [-0.15, -0.1) is 0 Å². The van der Waals surface area contributed by atoms with Crippen molar-refractivity contribution in [2.45, 2.75) is 82.5 Å². The summed E-state index contributed by atoms with van der Waals surface area (Å²) in [5, 5.41) is 16.3. The predicted molar refractivity (Wildman–Crippen MR) is 139 cm³/mol. The van der Waals surface area contributed by atoms with Crippen LogP contribution in [0.3, 0.4) is 0 Å². The molecule has 0 spiro atoms. The van der Waals surface area contributed by atoms with Gasteiger partial charge in [0, 0.05) is 36.6 Å². The Bertz CT molecular complexity index is 1300. The molecule has 8 nitrogen and oxygen atoms in total. The zero-order chi connectivity index (χ0) is 24.6. The lowest BCUT2D eigenvalue weighted by Crippen LogP contribution is -2.57. The van der Waals surface area contributed by atoms with E-state index >= 15 is 0 Å². The van der Waals surface area contributed by atoms with Gasteiger partial charge >= 0.3 is 0 Å². The van der Waals surface area contributed by atoms with Gasteiger partial charge < -0.3 is 14.7 Å². The van der Waals surface area contributed by atoms with Gasteiger partial charge in [0.25, 0.3) is 0 Å². The van der Waals surface area contributed by atoms with Crippen LogP contribution in [0.15, 0.2) is 24.4 Å². The molecule has 8 heteroatoms. The number of rotatable bonds is 4. The molecule has 2 bridgehead atoms. The standard InChI is InChI=1S/C28H36N6O2/c1-17-8-20-12-29-34(25(20)10-24(17)19-4-6-28(3,35)7-5-19)27-11-26(30-18(2)31-27)33-14-21-9-22(33)13-32(21)23-15-36-16-23/h8,10-12,19,21-23,35H,4-7,9,13-16H2,1-3H3/t19-,21-,22-,28-/m1/s1. The highest BCUT2D eigenvalue weighted by atomic mass is 16.5. The largest absolute Gasteiger partial charge is 0.390 e. The normalized spacial score (nSPS) is 30.9. The summed E-state index contributed by atoms with van der Waals surface area (Å²) in [5.41, 5.74) is 3.25. The Labute approximate surface area is 212 Å². The highest BCUT2D eigenvalue weighted by Gasteiger charge is 2.47. The molecule has 190 valence electrons. The maximum absolute atomic E-state index is 10.4. The van der Waals surface area contributed by atoms with E-state index in [-0.39, 0.29) is 0 Å². The summed E-state index contributed by atoms with van der Waals surface area (Å²) in [6.07, 6.45) is 6.90. The molecule has 1 N–H and O–H groups in total. The quantitative estimate of drug-likeness (QED) is 0.602. The summed E-state index contributed by atoms with van der Waals surface area (Å²) >= 11 is 0. The van der Waals surface area contributed by atoms with Crippen LogP contribution in [0.4, 0.5) is 5.82 Å². The Morgan fingerprint density at radius 1 is 0.972 bits per heavy atom. The second-order valence-corrected chi connectivity index (χ2v) is 11.8. The van der Waals surface area contributed by atoms with Crippen molar-refractivity contribution in [2.24, 2.45) is 0 Å². The lowest BCUT2D eigenvalue weighted by molar-refractivity contribution is -0.0708. The summed E-state index contributed by atoms with van der Waals surface area (Å²) in [7, 11) is 0. The number of hydrogen-bond acceptors (Lipinski definition) is 7. The zero-order valence-corrected chi connectivity index (χ0v) is 21.5. The number of anilines is 1. The maximum atomic E-state index is 10.4. The minimum Gasteiger partial charge on any atom is -0.390 e. The van der Waals surface area contributed by atoms with Gasteiger partial charge in [0.1, 0.15) is 11.6 Å². The van der Waals surface area contributed by atoms with Crippen LogP contribution in [-0.2, 0) is 4.74 Å². The number of aliphatic hydroxyl groups is 1. The van der Waals surface area contributed by atoms with Gasteiger partial charge in [-0.25, -0.2) is 14.6 Å². The first-order chi connectivity index (χ1) is 17.3. The van der Waals surface area contributed by atoms with Crippen molar-refractivity contribution >= 4 is 16.7 Å². The van der Waals surface area contributed by atoms with Crippen LogP contribution < -0.4 is 4.90 Å². The predicted octanol–water partition coefficient (Wildman–Crippen LogP) is 3.50. The van der Waals surface area contributed by atoms with E-state index in [1.165, 1.54) is 17.5 Å². The zero-order valence-electron chi connectivity index (χ0n) is 21.5. The lowest BCUT2D eigenvalue weighted by Gasteiger charge is -2.42. The van der Waals surface area contributed by atoms with Crippen molar-refractivity contribution < 1.29 is 9.84 Å². The molecule has 4 fully saturated rings. The van der Waals surface area contributed by atoms with Gasteiger partial charge in [-0.2, -0.15) is 5.10 Å². The number of likely N-dealkylation sites (tertiary alicyclic amines) is 1. The van der Waals surface area contributed by atoms with E-state index in [1.807, 2.05) is 24.7 Å². The van der Waals surface area contributed by atoms with Crippen molar-refractivity contribution in [1.29, 1.82) is 0 Å². The average Bonchev–Trinajstić information content (AvgIpc) is 3.51. The number of aromatic nitrogens is 4. The second-order valence-electron chi connectivity index (χ2n) is 11.8. The van der Waals surface area contributed by atoms with Crippen molar-refractivity contribution in [3.8, 4) is 5.82 Å². The minimum atomic E-state index is -0.525. The molecule has 2 atom stereocenters. The van der Waals surface area contributed by atoms with E-state index in [0.717, 1.165) is 80.3 Å². The summed E-state index contributed by atoms with van der Waals surface area (Å²) in [5.74, 6) is 3.10. The molecule has 2 aromatic heterocycles. The number of ether oxygens (including phenoxy) is 1. The summed E-state index contributed by atoms with van der Waals surface area (Å²) < 4.78 is 7.43. The fourth-order valence-electron chi connectivity index (χ4n) is 7.01. The lowest BCUT2D eigenvalue weighted by atomic mass is 9.76. The van der Waals surface area contributed by atoms with Gasteiger partial charge in [-0.3, -0.25) is 4.90 Å². The van der Waals surface area contributed by atoms with Crippen molar-refractivity contribution in [3.05, 3.63) is 41.3 Å². The summed E-state index contributed by atoms with van der Waals surface area (Å²) in [6, 6.07) is 8.39.